The highest BCUT2D eigenvalue weighted by Gasteiger charge is 2.40. The minimum atomic E-state index is -3.07. The smallest absolute Gasteiger partial charge is 0.410 e. The van der Waals surface area contributed by atoms with Gasteiger partial charge in [0.1, 0.15) is 11.6 Å². The number of carbonyl (C=O) groups is 2. The minimum absolute atomic E-state index is 0.125. The predicted octanol–water partition coefficient (Wildman–Crippen LogP) is 0.689. The van der Waals surface area contributed by atoms with Crippen LogP contribution in [0, 0.1) is 0 Å². The summed E-state index contributed by atoms with van der Waals surface area (Å²) in [6.45, 7) is 5.91. The van der Waals surface area contributed by atoms with Crippen molar-refractivity contribution in [3.05, 3.63) is 0 Å². The van der Waals surface area contributed by atoms with Gasteiger partial charge in [0.2, 0.25) is 5.91 Å². The Morgan fingerprint density at radius 1 is 1.27 bits per heavy atom. The van der Waals surface area contributed by atoms with Gasteiger partial charge in [0.05, 0.1) is 11.0 Å². The van der Waals surface area contributed by atoms with Gasteiger partial charge in [0, 0.05) is 13.1 Å². The van der Waals surface area contributed by atoms with E-state index in [1.54, 1.807) is 20.8 Å². The molecule has 126 valence electrons. The fourth-order valence-corrected chi connectivity index (χ4v) is 4.38. The second kappa shape index (κ2) is 6.06. The lowest BCUT2D eigenvalue weighted by Crippen LogP contribution is -2.59. The normalized spacial score (nSPS) is 27.1. The number of likely N-dealkylation sites (tertiary alicyclic amines) is 1. The summed E-state index contributed by atoms with van der Waals surface area (Å²) in [5.74, 6) is -0.111. The first-order valence-corrected chi connectivity index (χ1v) is 9.30. The molecule has 2 rings (SSSR count). The summed E-state index contributed by atoms with van der Waals surface area (Å²) >= 11 is 0. The maximum Gasteiger partial charge on any atom is 0.410 e. The highest BCUT2D eigenvalue weighted by Crippen LogP contribution is 2.22. The summed E-state index contributed by atoms with van der Waals surface area (Å²) in [6.07, 6.45) is 1.30. The molecule has 0 radical (unpaired) electrons. The van der Waals surface area contributed by atoms with Gasteiger partial charge in [-0.15, -0.1) is 0 Å². The molecule has 1 N–H and O–H groups in total. The number of nitrogens with zero attached hydrogens (tertiary/aromatic N) is 1. The second-order valence-corrected chi connectivity index (χ2v) is 9.26. The minimum Gasteiger partial charge on any atom is -0.444 e. The zero-order valence-corrected chi connectivity index (χ0v) is 14.1. The van der Waals surface area contributed by atoms with E-state index in [4.69, 9.17) is 4.74 Å². The average molecular weight is 332 g/mol. The van der Waals surface area contributed by atoms with Crippen molar-refractivity contribution in [1.29, 1.82) is 0 Å². The van der Waals surface area contributed by atoms with Gasteiger partial charge in [0.25, 0.3) is 0 Å². The number of hydrogen-bond acceptors (Lipinski definition) is 5. The first-order valence-electron chi connectivity index (χ1n) is 7.59. The number of rotatable bonds is 3. The van der Waals surface area contributed by atoms with E-state index < -0.39 is 32.8 Å². The molecule has 0 aromatic carbocycles. The van der Waals surface area contributed by atoms with Crippen molar-refractivity contribution in [2.45, 2.75) is 56.9 Å². The van der Waals surface area contributed by atoms with E-state index in [9.17, 15) is 18.0 Å². The van der Waals surface area contributed by atoms with Gasteiger partial charge in [-0.2, -0.15) is 0 Å². The van der Waals surface area contributed by atoms with Crippen LogP contribution in [0.4, 0.5) is 4.79 Å². The SMILES string of the molecule is CC(C)(C)OC(=O)N1CC[C@@H]1C(=O)NC[C@@H]1CCCS1(=O)=O. The van der Waals surface area contributed by atoms with E-state index in [1.807, 2.05) is 0 Å². The van der Waals surface area contributed by atoms with Gasteiger partial charge in [-0.05, 0) is 40.0 Å². The average Bonchev–Trinajstić information content (AvgIpc) is 2.61. The Morgan fingerprint density at radius 2 is 1.95 bits per heavy atom. The third kappa shape index (κ3) is 3.91. The molecule has 0 spiro atoms. The third-order valence-electron chi connectivity index (χ3n) is 3.92. The zero-order chi connectivity index (χ0) is 16.5. The van der Waals surface area contributed by atoms with Crippen LogP contribution in [-0.2, 0) is 19.4 Å². The first kappa shape index (κ1) is 17.1. The molecule has 0 aromatic heterocycles. The van der Waals surface area contributed by atoms with Crippen LogP contribution in [0.1, 0.15) is 40.0 Å². The molecule has 7 nitrogen and oxygen atoms in total. The van der Waals surface area contributed by atoms with E-state index in [0.29, 0.717) is 25.8 Å². The molecule has 2 aliphatic rings. The summed E-state index contributed by atoms with van der Waals surface area (Å²) in [7, 11) is -3.07. The fraction of sp³-hybridized carbons (Fsp3) is 0.857. The van der Waals surface area contributed by atoms with Crippen molar-refractivity contribution < 1.29 is 22.7 Å². The monoisotopic (exact) mass is 332 g/mol. The highest BCUT2D eigenvalue weighted by molar-refractivity contribution is 7.92. The maximum atomic E-state index is 12.1. The number of sulfone groups is 1. The van der Waals surface area contributed by atoms with Crippen LogP contribution in [-0.4, -0.2) is 61.1 Å². The van der Waals surface area contributed by atoms with Crippen LogP contribution in [0.15, 0.2) is 0 Å². The number of ether oxygens (including phenoxy) is 1. The van der Waals surface area contributed by atoms with E-state index in [-0.39, 0.29) is 18.2 Å². The van der Waals surface area contributed by atoms with Gasteiger partial charge in [-0.25, -0.2) is 13.2 Å². The molecule has 2 fully saturated rings. The van der Waals surface area contributed by atoms with Crippen LogP contribution < -0.4 is 5.32 Å². The Balaban J connectivity index is 1.84. The summed E-state index contributed by atoms with van der Waals surface area (Å²) in [4.78, 5) is 25.4. The lowest BCUT2D eigenvalue weighted by molar-refractivity contribution is -0.130. The van der Waals surface area contributed by atoms with Crippen LogP contribution >= 0.6 is 0 Å². The molecular weight excluding hydrogens is 308 g/mol. The molecule has 0 unspecified atom stereocenters. The van der Waals surface area contributed by atoms with E-state index in [1.165, 1.54) is 4.90 Å². The van der Waals surface area contributed by atoms with Crippen molar-refractivity contribution in [2.24, 2.45) is 0 Å². The lowest BCUT2D eigenvalue weighted by Gasteiger charge is -2.40. The quantitative estimate of drug-likeness (QED) is 0.821. The zero-order valence-electron chi connectivity index (χ0n) is 13.3. The van der Waals surface area contributed by atoms with Crippen molar-refractivity contribution in [1.82, 2.24) is 10.2 Å². The maximum absolute atomic E-state index is 12.1. The van der Waals surface area contributed by atoms with Gasteiger partial charge in [-0.3, -0.25) is 9.69 Å². The van der Waals surface area contributed by atoms with Crippen LogP contribution in [0.2, 0.25) is 0 Å². The van der Waals surface area contributed by atoms with Crippen molar-refractivity contribution in [3.63, 3.8) is 0 Å². The fourth-order valence-electron chi connectivity index (χ4n) is 2.62. The highest BCUT2D eigenvalue weighted by atomic mass is 32.2. The third-order valence-corrected chi connectivity index (χ3v) is 6.19. The van der Waals surface area contributed by atoms with E-state index >= 15 is 0 Å². The second-order valence-electron chi connectivity index (χ2n) is 6.85. The summed E-state index contributed by atoms with van der Waals surface area (Å²) in [5, 5.41) is 2.17. The Labute approximate surface area is 131 Å². The van der Waals surface area contributed by atoms with Gasteiger partial charge >= 0.3 is 6.09 Å². The molecule has 8 heteroatoms. The topological polar surface area (TPSA) is 92.8 Å². The number of amides is 2. The number of hydrogen-bond donors (Lipinski definition) is 1. The summed E-state index contributed by atoms with van der Waals surface area (Å²) < 4.78 is 28.7. The van der Waals surface area contributed by atoms with Crippen molar-refractivity contribution in [2.75, 3.05) is 18.8 Å². The van der Waals surface area contributed by atoms with E-state index in [2.05, 4.69) is 5.32 Å². The van der Waals surface area contributed by atoms with Gasteiger partial charge in [0.15, 0.2) is 9.84 Å². The Kier molecular flexibility index (Phi) is 4.70. The first-order chi connectivity index (χ1) is 10.1. The Hall–Kier alpha value is -1.31. The van der Waals surface area contributed by atoms with Crippen molar-refractivity contribution in [3.8, 4) is 0 Å². The van der Waals surface area contributed by atoms with Crippen LogP contribution in [0.25, 0.3) is 0 Å². The molecule has 0 saturated carbocycles. The molecule has 2 aliphatic heterocycles. The standard InChI is InChI=1S/C14H24N2O5S/c1-14(2,3)21-13(18)16-7-6-11(16)12(17)15-9-10-5-4-8-22(10,19)20/h10-11H,4-9H2,1-3H3,(H,15,17)/t10-,11+/m0/s1. The molecule has 2 saturated heterocycles. The molecule has 0 bridgehead atoms. The summed E-state index contributed by atoms with van der Waals surface area (Å²) in [6, 6.07) is -0.557. The predicted molar refractivity (Wildman–Crippen MR) is 81.2 cm³/mol. The molecule has 0 aliphatic carbocycles. The molecule has 2 amide bonds. The molecule has 2 heterocycles. The molecular formula is C14H24N2O5S. The lowest BCUT2D eigenvalue weighted by atomic mass is 10.0. The van der Waals surface area contributed by atoms with Crippen molar-refractivity contribution >= 4 is 21.8 Å². The Morgan fingerprint density at radius 3 is 2.41 bits per heavy atom. The summed E-state index contributed by atoms with van der Waals surface area (Å²) in [5.41, 5.74) is -0.606. The van der Waals surface area contributed by atoms with E-state index in [0.717, 1.165) is 0 Å². The molecule has 22 heavy (non-hydrogen) atoms. The molecule has 2 atom stereocenters. The van der Waals surface area contributed by atoms with Gasteiger partial charge < -0.3 is 10.1 Å². The van der Waals surface area contributed by atoms with Crippen LogP contribution in [0.3, 0.4) is 0 Å². The number of carbonyl (C=O) groups excluding carboxylic acids is 2. The van der Waals surface area contributed by atoms with Crippen LogP contribution in [0.5, 0.6) is 0 Å². The molecule has 0 aromatic rings. The van der Waals surface area contributed by atoms with Gasteiger partial charge in [-0.1, -0.05) is 0 Å². The largest absolute Gasteiger partial charge is 0.444 e. The number of nitrogens with one attached hydrogen (secondary N) is 1. The Bertz CT molecular complexity index is 552.